The van der Waals surface area contributed by atoms with Gasteiger partial charge in [0.15, 0.2) is 39.5 Å². The van der Waals surface area contributed by atoms with Crippen molar-refractivity contribution in [2.24, 2.45) is 5.92 Å². The van der Waals surface area contributed by atoms with Gasteiger partial charge in [0.1, 0.15) is 5.75 Å². The van der Waals surface area contributed by atoms with Crippen molar-refractivity contribution in [3.8, 4) is 23.0 Å². The minimum atomic E-state index is -1.05. The highest BCUT2D eigenvalue weighted by atomic mass is 32.1. The zero-order chi connectivity index (χ0) is 32.5. The zero-order valence-electron chi connectivity index (χ0n) is 26.2. The van der Waals surface area contributed by atoms with Crippen molar-refractivity contribution in [3.05, 3.63) is 83.3 Å². The number of methoxy groups -OCH3 is 2. The highest BCUT2D eigenvalue weighted by Gasteiger charge is 2.47. The van der Waals surface area contributed by atoms with Crippen molar-refractivity contribution in [3.63, 3.8) is 0 Å². The van der Waals surface area contributed by atoms with E-state index in [1.165, 1.54) is 23.3 Å². The number of rotatable bonds is 12. The van der Waals surface area contributed by atoms with Crippen molar-refractivity contribution < 1.29 is 38.1 Å². The van der Waals surface area contributed by atoms with Gasteiger partial charge in [0, 0.05) is 5.39 Å². The topological polar surface area (TPSA) is 121 Å². The van der Waals surface area contributed by atoms with Gasteiger partial charge >= 0.3 is 0 Å². The Hall–Kier alpha value is -5.03. The van der Waals surface area contributed by atoms with Gasteiger partial charge in [0.05, 0.1) is 49.3 Å². The van der Waals surface area contributed by atoms with E-state index in [1.807, 2.05) is 13.0 Å². The summed E-state index contributed by atoms with van der Waals surface area (Å²) in [6.07, 6.45) is 0.859. The van der Waals surface area contributed by atoms with Gasteiger partial charge in [-0.15, -0.1) is 0 Å². The van der Waals surface area contributed by atoms with Crippen LogP contribution in [0.25, 0.3) is 21.2 Å². The number of anilines is 1. The average Bonchev–Trinajstić information content (AvgIpc) is 3.75. The number of aliphatic hydroxyl groups excluding tert-OH is 1. The molecule has 1 aliphatic heterocycles. The number of hydrogen-bond donors (Lipinski definition) is 1. The van der Waals surface area contributed by atoms with Crippen molar-refractivity contribution >= 4 is 49.3 Å². The van der Waals surface area contributed by atoms with Crippen molar-refractivity contribution in [2.75, 3.05) is 32.3 Å². The molecule has 5 aromatic rings. The molecule has 2 aromatic heterocycles. The van der Waals surface area contributed by atoms with Gasteiger partial charge in [0.25, 0.3) is 5.91 Å². The number of carbonyl (C=O) groups excluding carboxylic acids is 2. The van der Waals surface area contributed by atoms with E-state index >= 15 is 0 Å². The predicted octanol–water partition coefficient (Wildman–Crippen LogP) is 7.67. The number of fused-ring (bicyclic) bond motifs is 2. The summed E-state index contributed by atoms with van der Waals surface area (Å²) in [6, 6.07) is 16.5. The molecule has 1 atom stereocenters. The number of aromatic nitrogens is 1. The third-order valence-corrected chi connectivity index (χ3v) is 8.75. The van der Waals surface area contributed by atoms with Gasteiger partial charge in [-0.05, 0) is 67.3 Å². The SMILES string of the molecule is CCOc1cc(C2C(C(=O)c3cc4cccc(OC)c4o3)=C(O)C(=O)N2c2nc3ccc(OC)cc3s2)ccc1OCCC(C)C. The maximum atomic E-state index is 14.3. The Bertz CT molecular complexity index is 1970. The van der Waals surface area contributed by atoms with E-state index < -0.39 is 23.5 Å². The molecule has 0 saturated heterocycles. The van der Waals surface area contributed by atoms with E-state index in [0.717, 1.165) is 11.1 Å². The number of amides is 1. The fourth-order valence-corrected chi connectivity index (χ4v) is 6.42. The summed E-state index contributed by atoms with van der Waals surface area (Å²) >= 11 is 1.25. The summed E-state index contributed by atoms with van der Waals surface area (Å²) in [5, 5.41) is 12.3. The van der Waals surface area contributed by atoms with E-state index in [0.29, 0.717) is 69.3 Å². The van der Waals surface area contributed by atoms with E-state index in [9.17, 15) is 14.7 Å². The van der Waals surface area contributed by atoms with Crippen LogP contribution >= 0.6 is 11.3 Å². The average molecular weight is 643 g/mol. The summed E-state index contributed by atoms with van der Waals surface area (Å²) in [5.74, 6) is 0.409. The van der Waals surface area contributed by atoms with Gasteiger partial charge in [-0.2, -0.15) is 0 Å². The molecule has 238 valence electrons. The largest absolute Gasteiger partial charge is 0.503 e. The summed E-state index contributed by atoms with van der Waals surface area (Å²) < 4.78 is 29.5. The quantitative estimate of drug-likeness (QED) is 0.137. The van der Waals surface area contributed by atoms with Gasteiger partial charge < -0.3 is 28.5 Å². The number of ether oxygens (including phenoxy) is 4. The van der Waals surface area contributed by atoms with E-state index in [4.69, 9.17) is 28.3 Å². The molecular weight excluding hydrogens is 608 g/mol. The molecule has 10 nitrogen and oxygen atoms in total. The minimum absolute atomic E-state index is 0.0478. The van der Waals surface area contributed by atoms with Crippen LogP contribution in [0.5, 0.6) is 23.0 Å². The Morgan fingerprint density at radius 1 is 1.02 bits per heavy atom. The lowest BCUT2D eigenvalue weighted by Crippen LogP contribution is -2.31. The number of hydrogen-bond acceptors (Lipinski definition) is 10. The smallest absolute Gasteiger partial charge is 0.296 e. The second-order valence-electron chi connectivity index (χ2n) is 11.2. The summed E-state index contributed by atoms with van der Waals surface area (Å²) in [7, 11) is 3.08. The zero-order valence-corrected chi connectivity index (χ0v) is 27.0. The standard InChI is InChI=1S/C35H34N2O8S/c1-6-43-26-16-20(10-13-24(26)44-15-14-19(2)3)30-29(31(38)27-17-21-8-7-9-25(42-5)33(21)45-27)32(39)34(40)37(30)35-36-23-12-11-22(41-4)18-28(23)46-35/h7-13,16-19,30,39H,6,14-15H2,1-5H3. The first-order valence-electron chi connectivity index (χ1n) is 15.0. The first-order chi connectivity index (χ1) is 22.2. The molecule has 3 aromatic carbocycles. The number of ketones is 1. The third-order valence-electron chi connectivity index (χ3n) is 7.73. The van der Waals surface area contributed by atoms with E-state index in [2.05, 4.69) is 13.8 Å². The molecule has 1 unspecified atom stereocenters. The molecule has 0 aliphatic carbocycles. The molecule has 46 heavy (non-hydrogen) atoms. The Morgan fingerprint density at radius 3 is 2.59 bits per heavy atom. The van der Waals surface area contributed by atoms with Crippen LogP contribution < -0.4 is 23.8 Å². The number of Topliss-reactive ketones (excluding diaryl/α,β-unsaturated/α-hetero) is 1. The fraction of sp³-hybridized carbons (Fsp3) is 0.286. The third kappa shape index (κ3) is 5.62. The Labute approximate surface area is 269 Å². The number of nitrogens with zero attached hydrogens (tertiary/aromatic N) is 2. The van der Waals surface area contributed by atoms with Crippen LogP contribution in [0, 0.1) is 5.92 Å². The minimum Gasteiger partial charge on any atom is -0.503 e. The van der Waals surface area contributed by atoms with Crippen molar-refractivity contribution in [1.29, 1.82) is 0 Å². The number of aliphatic hydroxyl groups is 1. The van der Waals surface area contributed by atoms with Gasteiger partial charge in [0.2, 0.25) is 5.78 Å². The normalized spacial score (nSPS) is 15.0. The summed E-state index contributed by atoms with van der Waals surface area (Å²) in [6.45, 7) is 6.97. The predicted molar refractivity (Wildman–Crippen MR) is 176 cm³/mol. The van der Waals surface area contributed by atoms with Gasteiger partial charge in [-0.25, -0.2) is 4.98 Å². The lowest BCUT2D eigenvalue weighted by molar-refractivity contribution is -0.117. The molecule has 1 aliphatic rings. The number of carbonyl (C=O) groups is 2. The number of para-hydroxylation sites is 1. The molecule has 0 radical (unpaired) electrons. The molecule has 11 heteroatoms. The maximum Gasteiger partial charge on any atom is 0.296 e. The molecule has 0 bridgehead atoms. The second-order valence-corrected chi connectivity index (χ2v) is 12.2. The van der Waals surface area contributed by atoms with E-state index in [1.54, 1.807) is 61.7 Å². The Kier molecular flexibility index (Phi) is 8.59. The molecule has 6 rings (SSSR count). The fourth-order valence-electron chi connectivity index (χ4n) is 5.40. The molecular formula is C35H34N2O8S. The molecule has 0 spiro atoms. The lowest BCUT2D eigenvalue weighted by atomic mass is 9.95. The summed E-state index contributed by atoms with van der Waals surface area (Å²) in [5.41, 5.74) is 1.40. The van der Waals surface area contributed by atoms with Crippen LogP contribution in [-0.4, -0.2) is 49.2 Å². The highest BCUT2D eigenvalue weighted by molar-refractivity contribution is 7.22. The number of furan rings is 1. The van der Waals surface area contributed by atoms with Crippen LogP contribution in [-0.2, 0) is 4.79 Å². The monoisotopic (exact) mass is 642 g/mol. The van der Waals surface area contributed by atoms with Crippen LogP contribution in [0.2, 0.25) is 0 Å². The number of thiazole rings is 1. The van der Waals surface area contributed by atoms with Gasteiger partial charge in [-0.3, -0.25) is 14.5 Å². The molecule has 3 heterocycles. The van der Waals surface area contributed by atoms with Crippen LogP contribution in [0.1, 0.15) is 49.4 Å². The Balaban J connectivity index is 1.48. The second kappa shape index (κ2) is 12.8. The summed E-state index contributed by atoms with van der Waals surface area (Å²) in [4.78, 5) is 34.2. The molecule has 0 fully saturated rings. The Morgan fingerprint density at radius 2 is 1.85 bits per heavy atom. The highest BCUT2D eigenvalue weighted by Crippen LogP contribution is 2.46. The maximum absolute atomic E-state index is 14.3. The first kappa shape index (κ1) is 31.0. The van der Waals surface area contributed by atoms with Crippen LogP contribution in [0.4, 0.5) is 5.13 Å². The van der Waals surface area contributed by atoms with Gasteiger partial charge in [-0.1, -0.05) is 43.4 Å². The molecule has 1 N–H and O–H groups in total. The lowest BCUT2D eigenvalue weighted by Gasteiger charge is -2.25. The van der Waals surface area contributed by atoms with Crippen LogP contribution in [0.3, 0.4) is 0 Å². The number of benzene rings is 3. The molecule has 1 amide bonds. The van der Waals surface area contributed by atoms with Crippen molar-refractivity contribution in [1.82, 2.24) is 4.98 Å². The molecule has 0 saturated carbocycles. The van der Waals surface area contributed by atoms with Crippen molar-refractivity contribution in [2.45, 2.75) is 33.2 Å². The first-order valence-corrected chi connectivity index (χ1v) is 15.8. The van der Waals surface area contributed by atoms with E-state index in [-0.39, 0.29) is 11.3 Å². The van der Waals surface area contributed by atoms with Crippen LogP contribution in [0.15, 0.2) is 76.4 Å².